The van der Waals surface area contributed by atoms with E-state index in [0.29, 0.717) is 0 Å². The van der Waals surface area contributed by atoms with Crippen molar-refractivity contribution in [2.45, 2.75) is 11.0 Å². The van der Waals surface area contributed by atoms with Gasteiger partial charge in [-0.15, -0.1) is 0 Å². The molecule has 2 heteroatoms. The van der Waals surface area contributed by atoms with Crippen LogP contribution in [0, 0.1) is 0 Å². The fourth-order valence-corrected chi connectivity index (χ4v) is 7.94. The van der Waals surface area contributed by atoms with Gasteiger partial charge in [-0.3, -0.25) is 0 Å². The van der Waals surface area contributed by atoms with Gasteiger partial charge in [0, 0.05) is 21.2 Å². The van der Waals surface area contributed by atoms with Crippen LogP contribution in [-0.4, -0.2) is 5.11 Å². The second-order valence-electron chi connectivity index (χ2n) is 10.7. The van der Waals surface area contributed by atoms with Gasteiger partial charge in [-0.05, 0) is 50.6 Å². The third-order valence-electron chi connectivity index (χ3n) is 8.87. The van der Waals surface area contributed by atoms with Crippen molar-refractivity contribution >= 4 is 15.9 Å². The summed E-state index contributed by atoms with van der Waals surface area (Å²) in [6.45, 7) is 0. The van der Waals surface area contributed by atoms with E-state index >= 15 is 0 Å². The first kappa shape index (κ1) is 23.6. The van der Waals surface area contributed by atoms with Crippen LogP contribution in [0.3, 0.4) is 0 Å². The highest BCUT2D eigenvalue weighted by molar-refractivity contribution is 9.10. The number of aliphatic hydroxyl groups is 1. The number of halogens is 1. The van der Waals surface area contributed by atoms with Gasteiger partial charge in [0.05, 0.1) is 5.41 Å². The van der Waals surface area contributed by atoms with Gasteiger partial charge in [0.25, 0.3) is 0 Å². The van der Waals surface area contributed by atoms with E-state index < -0.39 is 11.0 Å². The molecule has 0 saturated heterocycles. The minimum atomic E-state index is -1.33. The lowest BCUT2D eigenvalue weighted by molar-refractivity contribution is 0.129. The fraction of sp³-hybridized carbons (Fsp3) is 0.0526. The standard InChI is InChI=1S/C38H25BrO/c39-35-24-12-23-34-36(35)28-17-6-9-20-31(28)38(34,40)33-22-11-10-21-32(33)37(25-13-2-1-3-14-25)29-18-7-4-15-26(29)27-16-5-8-19-30(27)37/h1-24,40H. The largest absolute Gasteiger partial charge is 0.376 e. The molecule has 6 aromatic carbocycles. The Labute approximate surface area is 242 Å². The van der Waals surface area contributed by atoms with E-state index in [4.69, 9.17) is 0 Å². The summed E-state index contributed by atoms with van der Waals surface area (Å²) >= 11 is 3.81. The second kappa shape index (κ2) is 8.63. The van der Waals surface area contributed by atoms with Crippen LogP contribution in [0.4, 0.5) is 0 Å². The zero-order valence-corrected chi connectivity index (χ0v) is 23.3. The summed E-state index contributed by atoms with van der Waals surface area (Å²) < 4.78 is 0.986. The first-order valence-electron chi connectivity index (χ1n) is 13.6. The van der Waals surface area contributed by atoms with Gasteiger partial charge >= 0.3 is 0 Å². The quantitative estimate of drug-likeness (QED) is 0.222. The summed E-state index contributed by atoms with van der Waals surface area (Å²) in [5.74, 6) is 0. The SMILES string of the molecule is OC1(c2ccccc2C2(c3ccccc3)c3ccccc3-c3ccccc32)c2ccccc2-c2c(Br)cccc21. The summed E-state index contributed by atoms with van der Waals surface area (Å²) in [5, 5.41) is 13.2. The van der Waals surface area contributed by atoms with Crippen LogP contribution in [0.1, 0.15) is 38.9 Å². The van der Waals surface area contributed by atoms with E-state index in [9.17, 15) is 5.11 Å². The maximum atomic E-state index is 13.2. The van der Waals surface area contributed by atoms with E-state index in [1.165, 1.54) is 27.8 Å². The topological polar surface area (TPSA) is 20.2 Å². The monoisotopic (exact) mass is 576 g/mol. The highest BCUT2D eigenvalue weighted by Crippen LogP contribution is 2.60. The zero-order valence-electron chi connectivity index (χ0n) is 21.7. The van der Waals surface area contributed by atoms with Gasteiger partial charge in [-0.2, -0.15) is 0 Å². The summed E-state index contributed by atoms with van der Waals surface area (Å²) in [7, 11) is 0. The van der Waals surface area contributed by atoms with E-state index in [1.54, 1.807) is 0 Å². The van der Waals surface area contributed by atoms with Crippen LogP contribution in [-0.2, 0) is 11.0 Å². The van der Waals surface area contributed by atoms with Gasteiger partial charge in [-0.25, -0.2) is 0 Å². The Morgan fingerprint density at radius 3 is 1.52 bits per heavy atom. The Morgan fingerprint density at radius 2 is 0.875 bits per heavy atom. The molecule has 0 fully saturated rings. The Bertz CT molecular complexity index is 1890. The van der Waals surface area contributed by atoms with Crippen molar-refractivity contribution in [3.8, 4) is 22.3 Å². The van der Waals surface area contributed by atoms with Crippen molar-refractivity contribution in [1.82, 2.24) is 0 Å². The highest BCUT2D eigenvalue weighted by Gasteiger charge is 2.52. The van der Waals surface area contributed by atoms with Crippen molar-refractivity contribution in [2.24, 2.45) is 0 Å². The van der Waals surface area contributed by atoms with Crippen molar-refractivity contribution in [3.63, 3.8) is 0 Å². The van der Waals surface area contributed by atoms with Crippen molar-refractivity contribution < 1.29 is 5.11 Å². The van der Waals surface area contributed by atoms with E-state index in [1.807, 2.05) is 12.1 Å². The molecule has 6 aromatic rings. The summed E-state index contributed by atoms with van der Waals surface area (Å²) in [5.41, 5.74) is 10.1. The van der Waals surface area contributed by atoms with Gasteiger partial charge in [0.15, 0.2) is 0 Å². The third-order valence-corrected chi connectivity index (χ3v) is 9.53. The van der Waals surface area contributed by atoms with Crippen molar-refractivity contribution in [2.75, 3.05) is 0 Å². The summed E-state index contributed by atoms with van der Waals surface area (Å²) in [4.78, 5) is 0. The smallest absolute Gasteiger partial charge is 0.142 e. The maximum Gasteiger partial charge on any atom is 0.142 e. The average Bonchev–Trinajstić information content (AvgIpc) is 3.47. The van der Waals surface area contributed by atoms with Crippen molar-refractivity contribution in [1.29, 1.82) is 0 Å². The van der Waals surface area contributed by atoms with Crippen LogP contribution in [0.25, 0.3) is 22.3 Å². The van der Waals surface area contributed by atoms with Gasteiger partial charge in [0.1, 0.15) is 5.60 Å². The molecule has 8 rings (SSSR count). The molecular weight excluding hydrogens is 552 g/mol. The fourth-order valence-electron chi connectivity index (χ4n) is 7.36. The van der Waals surface area contributed by atoms with Crippen LogP contribution < -0.4 is 0 Å². The molecule has 1 atom stereocenters. The lowest BCUT2D eigenvalue weighted by Gasteiger charge is -2.39. The Hall–Kier alpha value is -4.24. The average molecular weight is 578 g/mol. The van der Waals surface area contributed by atoms with Crippen LogP contribution >= 0.6 is 15.9 Å². The van der Waals surface area contributed by atoms with Crippen LogP contribution in [0.2, 0.25) is 0 Å². The summed E-state index contributed by atoms with van der Waals surface area (Å²) in [6, 6.07) is 51.2. The molecule has 1 N–H and O–H groups in total. The molecule has 0 bridgehead atoms. The Balaban J connectivity index is 1.54. The second-order valence-corrected chi connectivity index (χ2v) is 11.5. The molecule has 0 spiro atoms. The maximum absolute atomic E-state index is 13.2. The molecular formula is C38H25BrO. The predicted octanol–water partition coefficient (Wildman–Crippen LogP) is 9.08. The molecule has 1 nitrogen and oxygen atoms in total. The molecule has 40 heavy (non-hydrogen) atoms. The molecule has 0 aromatic heterocycles. The lowest BCUT2D eigenvalue weighted by Crippen LogP contribution is -2.35. The van der Waals surface area contributed by atoms with E-state index in [-0.39, 0.29) is 0 Å². The Kier molecular flexibility index (Phi) is 5.10. The Morgan fingerprint density at radius 1 is 0.400 bits per heavy atom. The number of rotatable bonds is 3. The normalized spacial score (nSPS) is 17.6. The first-order chi connectivity index (χ1) is 19.7. The van der Waals surface area contributed by atoms with Gasteiger partial charge in [-0.1, -0.05) is 155 Å². The first-order valence-corrected chi connectivity index (χ1v) is 14.4. The van der Waals surface area contributed by atoms with Gasteiger partial charge < -0.3 is 5.11 Å². The number of hydrogen-bond acceptors (Lipinski definition) is 1. The number of benzene rings is 6. The molecule has 0 radical (unpaired) electrons. The molecule has 2 aliphatic rings. The summed E-state index contributed by atoms with van der Waals surface area (Å²) in [6.07, 6.45) is 0. The molecule has 0 amide bonds. The minimum Gasteiger partial charge on any atom is -0.376 e. The van der Waals surface area contributed by atoms with E-state index in [2.05, 4.69) is 149 Å². The molecule has 0 heterocycles. The van der Waals surface area contributed by atoms with Crippen molar-refractivity contribution in [3.05, 3.63) is 189 Å². The zero-order chi connectivity index (χ0) is 26.9. The van der Waals surface area contributed by atoms with Crippen LogP contribution in [0.5, 0.6) is 0 Å². The van der Waals surface area contributed by atoms with Crippen LogP contribution in [0.15, 0.2) is 150 Å². The number of hydrogen-bond donors (Lipinski definition) is 1. The molecule has 1 unspecified atom stereocenters. The van der Waals surface area contributed by atoms with E-state index in [0.717, 1.165) is 37.9 Å². The number of fused-ring (bicyclic) bond motifs is 6. The third kappa shape index (κ3) is 2.90. The molecule has 0 aliphatic heterocycles. The minimum absolute atomic E-state index is 0.607. The molecule has 2 aliphatic carbocycles. The highest BCUT2D eigenvalue weighted by atomic mass is 79.9. The molecule has 0 saturated carbocycles. The lowest BCUT2D eigenvalue weighted by atomic mass is 9.64. The predicted molar refractivity (Wildman–Crippen MR) is 165 cm³/mol. The van der Waals surface area contributed by atoms with Gasteiger partial charge in [0.2, 0.25) is 0 Å². The molecule has 190 valence electrons.